The van der Waals surface area contributed by atoms with E-state index in [2.05, 4.69) is 77.1 Å². The number of unbranched alkanes of at least 4 members (excludes halogenated alkanes) is 1. The van der Waals surface area contributed by atoms with E-state index in [-0.39, 0.29) is 12.2 Å². The highest BCUT2D eigenvalue weighted by Gasteiger charge is 2.27. The summed E-state index contributed by atoms with van der Waals surface area (Å²) in [5.74, 6) is 0. The smallest absolute Gasteiger partial charge is 0.410 e. The Morgan fingerprint density at radius 3 is 2.19 bits per heavy atom. The van der Waals surface area contributed by atoms with Crippen LogP contribution in [0, 0.1) is 0 Å². The van der Waals surface area contributed by atoms with Gasteiger partial charge in [0.1, 0.15) is 6.61 Å². The van der Waals surface area contributed by atoms with Gasteiger partial charge in [-0.1, -0.05) is 98.3 Å². The Morgan fingerprint density at radius 2 is 1.49 bits per heavy atom. The van der Waals surface area contributed by atoms with E-state index in [1.54, 1.807) is 4.90 Å². The number of likely N-dealkylation sites (tertiary alicyclic amines) is 1. The van der Waals surface area contributed by atoms with Crippen LogP contribution in [0.2, 0.25) is 0 Å². The van der Waals surface area contributed by atoms with Gasteiger partial charge in [-0.2, -0.15) is 0 Å². The molecule has 43 heavy (non-hydrogen) atoms. The van der Waals surface area contributed by atoms with E-state index < -0.39 is 0 Å². The van der Waals surface area contributed by atoms with Crippen molar-refractivity contribution in [3.8, 4) is 0 Å². The molecule has 1 unspecified atom stereocenters. The first-order valence-corrected chi connectivity index (χ1v) is 16.0. The summed E-state index contributed by atoms with van der Waals surface area (Å²) >= 11 is 0. The molecule has 7 heteroatoms. The maximum absolute atomic E-state index is 11.9. The highest BCUT2D eigenvalue weighted by molar-refractivity contribution is 5.68. The molecule has 2 saturated heterocycles. The van der Waals surface area contributed by atoms with Crippen molar-refractivity contribution in [2.24, 2.45) is 0 Å². The minimum Gasteiger partial charge on any atom is -0.445 e. The third kappa shape index (κ3) is 12.1. The van der Waals surface area contributed by atoms with E-state index in [1.807, 2.05) is 30.3 Å². The van der Waals surface area contributed by atoms with Gasteiger partial charge in [-0.15, -0.1) is 0 Å². The van der Waals surface area contributed by atoms with E-state index in [0.717, 1.165) is 70.7 Å². The van der Waals surface area contributed by atoms with Gasteiger partial charge in [0.2, 0.25) is 0 Å². The zero-order valence-electron chi connectivity index (χ0n) is 25.9. The van der Waals surface area contributed by atoms with Crippen molar-refractivity contribution in [3.05, 3.63) is 107 Å². The molecule has 7 nitrogen and oxygen atoms in total. The number of carbonyl (C=O) groups excluding carboxylic acids is 1. The van der Waals surface area contributed by atoms with Crippen LogP contribution in [0.15, 0.2) is 84.9 Å². The lowest BCUT2D eigenvalue weighted by Crippen LogP contribution is -2.42. The first kappa shape index (κ1) is 32.7. The van der Waals surface area contributed by atoms with Gasteiger partial charge >= 0.3 is 6.09 Å². The van der Waals surface area contributed by atoms with Gasteiger partial charge in [0.05, 0.1) is 12.6 Å². The van der Waals surface area contributed by atoms with Crippen LogP contribution in [0.4, 0.5) is 4.79 Å². The Hall–Kier alpha value is -3.23. The first-order valence-electron chi connectivity index (χ1n) is 16.0. The Balaban J connectivity index is 0.000000158. The van der Waals surface area contributed by atoms with Crippen LogP contribution in [-0.2, 0) is 35.6 Å². The normalized spacial score (nSPS) is 18.0. The molecule has 1 atom stereocenters. The quantitative estimate of drug-likeness (QED) is 0.333. The number of ether oxygens (including phenoxy) is 2. The van der Waals surface area contributed by atoms with Crippen molar-refractivity contribution >= 4 is 6.09 Å². The predicted molar refractivity (Wildman–Crippen MR) is 174 cm³/mol. The molecule has 0 spiro atoms. The molecular weight excluding hydrogens is 536 g/mol. The molecule has 0 bridgehead atoms. The molecule has 0 saturated carbocycles. The highest BCUT2D eigenvalue weighted by Crippen LogP contribution is 2.15. The minimum atomic E-state index is -0.240. The summed E-state index contributed by atoms with van der Waals surface area (Å²) in [6, 6.07) is 29.0. The number of amides is 1. The zero-order chi connectivity index (χ0) is 30.0. The molecule has 0 radical (unpaired) electrons. The lowest BCUT2D eigenvalue weighted by atomic mass is 10.0. The zero-order valence-corrected chi connectivity index (χ0v) is 25.9. The number of piperazine rings is 1. The second kappa shape index (κ2) is 19.1. The number of rotatable bonds is 8. The number of nitrogens with zero attached hydrogens (tertiary/aromatic N) is 2. The van der Waals surface area contributed by atoms with Crippen LogP contribution in [0.3, 0.4) is 0 Å². The summed E-state index contributed by atoms with van der Waals surface area (Å²) in [6.07, 6.45) is 4.24. The van der Waals surface area contributed by atoms with Crippen LogP contribution < -0.4 is 10.6 Å². The van der Waals surface area contributed by atoms with Crippen molar-refractivity contribution in [2.45, 2.75) is 58.4 Å². The second-order valence-corrected chi connectivity index (χ2v) is 11.3. The first-order chi connectivity index (χ1) is 21.2. The molecule has 0 aromatic heterocycles. The summed E-state index contributed by atoms with van der Waals surface area (Å²) in [4.78, 5) is 16.2. The molecular formula is C36H50N4O3. The fourth-order valence-electron chi connectivity index (χ4n) is 5.37. The molecule has 3 aliphatic rings. The van der Waals surface area contributed by atoms with E-state index in [0.29, 0.717) is 13.2 Å². The molecule has 3 aromatic rings. The average molecular weight is 587 g/mol. The maximum Gasteiger partial charge on any atom is 0.410 e. The van der Waals surface area contributed by atoms with E-state index >= 15 is 0 Å². The molecule has 2 fully saturated rings. The van der Waals surface area contributed by atoms with Crippen LogP contribution >= 0.6 is 0 Å². The number of carbonyl (C=O) groups is 1. The van der Waals surface area contributed by atoms with Crippen molar-refractivity contribution in [2.75, 3.05) is 52.4 Å². The fraction of sp³-hybridized carbons (Fsp3) is 0.472. The number of nitrogens with one attached hydrogen (secondary N) is 2. The van der Waals surface area contributed by atoms with Gasteiger partial charge in [-0.3, -0.25) is 4.90 Å². The Bertz CT molecular complexity index is 1150. The van der Waals surface area contributed by atoms with Gasteiger partial charge in [0, 0.05) is 52.4 Å². The predicted octanol–water partition coefficient (Wildman–Crippen LogP) is 5.64. The van der Waals surface area contributed by atoms with Gasteiger partial charge in [0.25, 0.3) is 0 Å². The van der Waals surface area contributed by atoms with Crippen molar-refractivity contribution in [3.63, 3.8) is 0 Å². The molecule has 3 aromatic carbocycles. The largest absolute Gasteiger partial charge is 0.445 e. The number of benzene rings is 3. The number of hydrogen-bond donors (Lipinski definition) is 2. The monoisotopic (exact) mass is 586 g/mol. The SMILES string of the molecule is CCCCOC1CCN(C(=O)OCc2ccccc2)C1.c1ccc(CN2CCNCC2)cc1.c1ccc2c(c1)CCNC2. The lowest BCUT2D eigenvalue weighted by Gasteiger charge is -2.27. The summed E-state index contributed by atoms with van der Waals surface area (Å²) in [5.41, 5.74) is 5.41. The summed E-state index contributed by atoms with van der Waals surface area (Å²) in [5, 5.41) is 6.70. The highest BCUT2D eigenvalue weighted by atomic mass is 16.6. The van der Waals surface area contributed by atoms with Gasteiger partial charge in [-0.05, 0) is 48.1 Å². The number of fused-ring (bicyclic) bond motifs is 1. The minimum absolute atomic E-state index is 0.172. The molecule has 2 N–H and O–H groups in total. The van der Waals surface area contributed by atoms with Crippen LogP contribution in [-0.4, -0.2) is 74.4 Å². The molecule has 3 aliphatic heterocycles. The van der Waals surface area contributed by atoms with Gasteiger partial charge in [0.15, 0.2) is 0 Å². The van der Waals surface area contributed by atoms with Crippen molar-refractivity contribution < 1.29 is 14.3 Å². The van der Waals surface area contributed by atoms with E-state index in [9.17, 15) is 4.79 Å². The molecule has 3 heterocycles. The second-order valence-electron chi connectivity index (χ2n) is 11.3. The standard InChI is InChI=1S/C16H23NO3.C11H16N2.C9H11N/c1-2-3-11-19-15-9-10-17(12-15)16(18)20-13-14-7-5-4-6-8-14;1-2-4-11(5-3-1)10-13-8-6-12-7-9-13;1-2-4-9-7-10-6-5-8(9)3-1/h4-8,15H,2-3,9-13H2,1H3;1-5,12H,6-10H2;1-4,10H,5-7H2. The third-order valence-corrected chi connectivity index (χ3v) is 7.92. The fourth-order valence-corrected chi connectivity index (χ4v) is 5.37. The van der Waals surface area contributed by atoms with Crippen molar-refractivity contribution in [1.82, 2.24) is 20.4 Å². The Kier molecular flexibility index (Phi) is 14.5. The Morgan fingerprint density at radius 1 is 0.814 bits per heavy atom. The van der Waals surface area contributed by atoms with Crippen LogP contribution in [0.5, 0.6) is 0 Å². The molecule has 1 amide bonds. The number of hydrogen-bond acceptors (Lipinski definition) is 6. The van der Waals surface area contributed by atoms with Gasteiger partial charge in [-0.25, -0.2) is 4.79 Å². The lowest BCUT2D eigenvalue weighted by molar-refractivity contribution is 0.0524. The molecule has 6 rings (SSSR count). The van der Waals surface area contributed by atoms with E-state index in [1.165, 1.54) is 36.2 Å². The van der Waals surface area contributed by atoms with Crippen LogP contribution in [0.25, 0.3) is 0 Å². The molecule has 0 aliphatic carbocycles. The maximum atomic E-state index is 11.9. The Labute approximate surface area is 258 Å². The molecule has 232 valence electrons. The van der Waals surface area contributed by atoms with Gasteiger partial charge < -0.3 is 25.0 Å². The summed E-state index contributed by atoms with van der Waals surface area (Å²) in [6.45, 7) is 12.5. The average Bonchev–Trinajstić information content (AvgIpc) is 3.55. The van der Waals surface area contributed by atoms with Crippen LogP contribution in [0.1, 0.15) is 48.4 Å². The third-order valence-electron chi connectivity index (χ3n) is 7.92. The summed E-state index contributed by atoms with van der Waals surface area (Å²) < 4.78 is 11.1. The topological polar surface area (TPSA) is 66.1 Å². The van der Waals surface area contributed by atoms with Crippen molar-refractivity contribution in [1.29, 1.82) is 0 Å². The summed E-state index contributed by atoms with van der Waals surface area (Å²) in [7, 11) is 0. The van der Waals surface area contributed by atoms with E-state index in [4.69, 9.17) is 9.47 Å².